The van der Waals surface area contributed by atoms with Gasteiger partial charge in [-0.3, -0.25) is 9.36 Å². The topological polar surface area (TPSA) is 60.6 Å². The van der Waals surface area contributed by atoms with Crippen LogP contribution in [-0.4, -0.2) is 24.5 Å². The molecular weight excluding hydrogens is 240 g/mol. The fourth-order valence-corrected chi connectivity index (χ4v) is 1.88. The zero-order valence-corrected chi connectivity index (χ0v) is 10.9. The molecule has 0 aliphatic rings. The van der Waals surface area contributed by atoms with Crippen LogP contribution in [0, 0.1) is 6.92 Å². The van der Waals surface area contributed by atoms with E-state index < -0.39 is 0 Å². The molecule has 17 heavy (non-hydrogen) atoms. The monoisotopic (exact) mass is 254 g/mol. The second-order valence-electron chi connectivity index (χ2n) is 3.92. The van der Waals surface area contributed by atoms with Gasteiger partial charge in [0.2, 0.25) is 0 Å². The molecule has 0 radical (unpaired) electrons. The Balaban J connectivity index is 1.94. The van der Waals surface area contributed by atoms with E-state index in [1.165, 1.54) is 0 Å². The molecule has 0 fully saturated rings. The maximum absolute atomic E-state index is 6.13. The van der Waals surface area contributed by atoms with Crippen LogP contribution in [0.2, 0.25) is 5.15 Å². The summed E-state index contributed by atoms with van der Waals surface area (Å²) in [6.07, 6.45) is 1.68. The van der Waals surface area contributed by atoms with Crippen molar-refractivity contribution in [2.24, 2.45) is 14.1 Å². The lowest BCUT2D eigenvalue weighted by Crippen LogP contribution is -2.14. The van der Waals surface area contributed by atoms with Crippen LogP contribution in [0.3, 0.4) is 0 Å². The number of hydrogen-bond donors (Lipinski definition) is 1. The molecule has 2 aromatic rings. The van der Waals surface area contributed by atoms with Gasteiger partial charge in [-0.1, -0.05) is 11.6 Å². The van der Waals surface area contributed by atoms with Gasteiger partial charge in [-0.05, 0) is 6.92 Å². The summed E-state index contributed by atoms with van der Waals surface area (Å²) >= 11 is 6.13. The molecule has 2 rings (SSSR count). The van der Waals surface area contributed by atoms with Gasteiger partial charge >= 0.3 is 0 Å². The predicted octanol–water partition coefficient (Wildman–Crippen LogP) is 0.800. The van der Waals surface area contributed by atoms with Crippen molar-refractivity contribution in [1.82, 2.24) is 29.9 Å². The fourth-order valence-electron chi connectivity index (χ4n) is 1.64. The highest BCUT2D eigenvalue weighted by Crippen LogP contribution is 2.17. The van der Waals surface area contributed by atoms with Crippen LogP contribution in [0.15, 0.2) is 6.33 Å². The highest BCUT2D eigenvalue weighted by Gasteiger charge is 2.10. The van der Waals surface area contributed by atoms with Gasteiger partial charge in [0.25, 0.3) is 0 Å². The molecule has 0 saturated carbocycles. The van der Waals surface area contributed by atoms with Crippen LogP contribution in [0.5, 0.6) is 0 Å². The smallest absolute Gasteiger partial charge is 0.164 e. The number of nitrogens with zero attached hydrogens (tertiary/aromatic N) is 5. The van der Waals surface area contributed by atoms with Gasteiger partial charge in [-0.2, -0.15) is 10.2 Å². The van der Waals surface area contributed by atoms with Gasteiger partial charge in [0, 0.05) is 26.2 Å². The first kappa shape index (κ1) is 12.1. The number of nitrogens with one attached hydrogen (secondary N) is 1. The van der Waals surface area contributed by atoms with Crippen molar-refractivity contribution < 1.29 is 0 Å². The van der Waals surface area contributed by atoms with Crippen molar-refractivity contribution in [2.75, 3.05) is 0 Å². The Morgan fingerprint density at radius 3 is 2.59 bits per heavy atom. The number of aryl methyl sites for hydroxylation is 3. The molecule has 6 nitrogen and oxygen atoms in total. The molecule has 7 heteroatoms. The first-order chi connectivity index (χ1) is 8.08. The van der Waals surface area contributed by atoms with Crippen LogP contribution in [0.25, 0.3) is 0 Å². The van der Waals surface area contributed by atoms with E-state index in [-0.39, 0.29) is 0 Å². The fraction of sp³-hybridized carbons (Fsp3) is 0.500. The van der Waals surface area contributed by atoms with E-state index in [0.717, 1.165) is 17.1 Å². The van der Waals surface area contributed by atoms with E-state index in [9.17, 15) is 0 Å². The zero-order chi connectivity index (χ0) is 12.4. The van der Waals surface area contributed by atoms with E-state index >= 15 is 0 Å². The molecular formula is C10H15ClN6. The van der Waals surface area contributed by atoms with E-state index in [1.54, 1.807) is 15.7 Å². The number of rotatable bonds is 4. The van der Waals surface area contributed by atoms with Crippen molar-refractivity contribution in [2.45, 2.75) is 20.0 Å². The van der Waals surface area contributed by atoms with Crippen LogP contribution in [0.4, 0.5) is 0 Å². The standard InChI is InChI=1S/C10H15ClN6/c1-7-8(10(11)17(3)14-7)4-12-5-9-13-6-16(2)15-9/h6,12H,4-5H2,1-3H3. The van der Waals surface area contributed by atoms with Gasteiger partial charge in [0.15, 0.2) is 5.82 Å². The lowest BCUT2D eigenvalue weighted by atomic mass is 10.2. The minimum absolute atomic E-state index is 0.617. The Morgan fingerprint density at radius 2 is 2.06 bits per heavy atom. The van der Waals surface area contributed by atoms with Crippen molar-refractivity contribution in [3.63, 3.8) is 0 Å². The molecule has 0 amide bonds. The van der Waals surface area contributed by atoms with Gasteiger partial charge in [-0.15, -0.1) is 0 Å². The van der Waals surface area contributed by atoms with Gasteiger partial charge < -0.3 is 5.32 Å². The second-order valence-corrected chi connectivity index (χ2v) is 4.27. The van der Waals surface area contributed by atoms with Crippen molar-refractivity contribution >= 4 is 11.6 Å². The Morgan fingerprint density at radius 1 is 1.29 bits per heavy atom. The molecule has 2 heterocycles. The third-order valence-electron chi connectivity index (χ3n) is 2.50. The van der Waals surface area contributed by atoms with Gasteiger partial charge in [-0.25, -0.2) is 4.98 Å². The van der Waals surface area contributed by atoms with Gasteiger partial charge in [0.05, 0.1) is 12.2 Å². The highest BCUT2D eigenvalue weighted by atomic mass is 35.5. The lowest BCUT2D eigenvalue weighted by molar-refractivity contribution is 0.647. The summed E-state index contributed by atoms with van der Waals surface area (Å²) in [5, 5.41) is 12.4. The van der Waals surface area contributed by atoms with E-state index in [0.29, 0.717) is 18.2 Å². The third kappa shape index (κ3) is 2.65. The van der Waals surface area contributed by atoms with Crippen LogP contribution in [0.1, 0.15) is 17.1 Å². The number of hydrogen-bond acceptors (Lipinski definition) is 4. The Bertz CT molecular complexity index is 515. The highest BCUT2D eigenvalue weighted by molar-refractivity contribution is 6.30. The SMILES string of the molecule is Cc1nn(C)c(Cl)c1CNCc1ncn(C)n1. The maximum Gasteiger partial charge on any atom is 0.164 e. The first-order valence-corrected chi connectivity index (χ1v) is 5.69. The Kier molecular flexibility index (Phi) is 3.44. The summed E-state index contributed by atoms with van der Waals surface area (Å²) in [6, 6.07) is 0. The van der Waals surface area contributed by atoms with E-state index in [4.69, 9.17) is 11.6 Å². The average molecular weight is 255 g/mol. The van der Waals surface area contributed by atoms with Crippen molar-refractivity contribution in [3.05, 3.63) is 28.6 Å². The second kappa shape index (κ2) is 4.85. The van der Waals surface area contributed by atoms with E-state index in [1.807, 2.05) is 21.0 Å². The summed E-state index contributed by atoms with van der Waals surface area (Å²) in [7, 11) is 3.68. The largest absolute Gasteiger partial charge is 0.305 e. The molecule has 0 bridgehead atoms. The Hall–Kier alpha value is -1.40. The average Bonchev–Trinajstić information content (AvgIpc) is 2.78. The quantitative estimate of drug-likeness (QED) is 0.877. The van der Waals surface area contributed by atoms with Crippen molar-refractivity contribution in [3.8, 4) is 0 Å². The summed E-state index contributed by atoms with van der Waals surface area (Å²) in [6.45, 7) is 3.23. The molecule has 0 saturated heterocycles. The first-order valence-electron chi connectivity index (χ1n) is 5.31. The number of aromatic nitrogens is 5. The van der Waals surface area contributed by atoms with Crippen LogP contribution < -0.4 is 5.32 Å². The summed E-state index contributed by atoms with van der Waals surface area (Å²) in [5.41, 5.74) is 1.96. The Labute approximate surface area is 105 Å². The molecule has 92 valence electrons. The maximum atomic E-state index is 6.13. The molecule has 0 unspecified atom stereocenters. The lowest BCUT2D eigenvalue weighted by Gasteiger charge is -2.01. The number of halogens is 1. The minimum atomic E-state index is 0.617. The predicted molar refractivity (Wildman–Crippen MR) is 64.5 cm³/mol. The molecule has 0 aromatic carbocycles. The van der Waals surface area contributed by atoms with Crippen LogP contribution >= 0.6 is 11.6 Å². The third-order valence-corrected chi connectivity index (χ3v) is 2.97. The zero-order valence-electron chi connectivity index (χ0n) is 10.1. The molecule has 0 aliphatic heterocycles. The molecule has 2 aromatic heterocycles. The normalized spacial score (nSPS) is 11.1. The van der Waals surface area contributed by atoms with Crippen molar-refractivity contribution in [1.29, 1.82) is 0 Å². The summed E-state index contributed by atoms with van der Waals surface area (Å²) in [5.74, 6) is 0.769. The summed E-state index contributed by atoms with van der Waals surface area (Å²) < 4.78 is 3.35. The molecule has 0 spiro atoms. The van der Waals surface area contributed by atoms with E-state index in [2.05, 4.69) is 20.5 Å². The minimum Gasteiger partial charge on any atom is -0.305 e. The molecule has 1 N–H and O–H groups in total. The molecule has 0 atom stereocenters. The molecule has 0 aliphatic carbocycles. The van der Waals surface area contributed by atoms with Gasteiger partial charge in [0.1, 0.15) is 11.5 Å². The van der Waals surface area contributed by atoms with Crippen LogP contribution in [-0.2, 0) is 27.2 Å². The summed E-state index contributed by atoms with van der Waals surface area (Å²) in [4.78, 5) is 4.13.